The van der Waals surface area contributed by atoms with Crippen molar-refractivity contribution in [2.45, 2.75) is 60.2 Å². The van der Waals surface area contributed by atoms with Crippen LogP contribution in [-0.2, 0) is 42.5 Å². The van der Waals surface area contributed by atoms with Crippen molar-refractivity contribution in [3.63, 3.8) is 0 Å². The van der Waals surface area contributed by atoms with Crippen molar-refractivity contribution in [1.82, 2.24) is 9.13 Å². The zero-order valence-corrected chi connectivity index (χ0v) is 35.7. The quantitative estimate of drug-likeness (QED) is 0.0413. The van der Waals surface area contributed by atoms with Gasteiger partial charge in [-0.15, -0.1) is 0 Å². The van der Waals surface area contributed by atoms with Crippen LogP contribution in [0.3, 0.4) is 0 Å². The fourth-order valence-electron chi connectivity index (χ4n) is 8.38. The number of benzene rings is 4. The van der Waals surface area contributed by atoms with Gasteiger partial charge in [0.05, 0.1) is 25.3 Å². The lowest BCUT2D eigenvalue weighted by Gasteiger charge is -2.31. The molecule has 0 spiro atoms. The summed E-state index contributed by atoms with van der Waals surface area (Å²) in [6.45, 7) is 20.6. The fraction of sp³-hybridized carbons (Fsp3) is 0.260. The van der Waals surface area contributed by atoms with E-state index in [0.29, 0.717) is 59.8 Å². The van der Waals surface area contributed by atoms with Crippen molar-refractivity contribution >= 4 is 59.0 Å². The van der Waals surface area contributed by atoms with Gasteiger partial charge in [-0.3, -0.25) is 0 Å². The molecular weight excluding hydrogens is 765 g/mol. The summed E-state index contributed by atoms with van der Waals surface area (Å²) in [5.74, 6) is -0.864. The SMILES string of the molecule is [B]N(CC)c1ccc(C2(C=C(c3c(C)n(CCOC(=O)C(=C)C)c4ccccc34)c3c(C)n(CCOC(=O)C(=C)C)c4ccccc34)OC(=O)c3ccccc32)c(OCC)c1. The summed E-state index contributed by atoms with van der Waals surface area (Å²) in [6.07, 6.45) is 2.06. The Kier molecular flexibility index (Phi) is 12.1. The van der Waals surface area contributed by atoms with E-state index in [1.165, 1.54) is 0 Å². The minimum atomic E-state index is -1.49. The van der Waals surface area contributed by atoms with Crippen LogP contribution < -0.4 is 9.55 Å². The summed E-state index contributed by atoms with van der Waals surface area (Å²) in [4.78, 5) is 40.8. The van der Waals surface area contributed by atoms with Gasteiger partial charge in [-0.05, 0) is 83.5 Å². The molecule has 0 N–H and O–H groups in total. The number of cyclic esters (lactones) is 1. The van der Waals surface area contributed by atoms with Crippen molar-refractivity contribution in [3.05, 3.63) is 161 Å². The van der Waals surface area contributed by atoms with Crippen LogP contribution in [0.25, 0.3) is 27.4 Å². The molecule has 7 rings (SSSR count). The molecule has 310 valence electrons. The minimum absolute atomic E-state index is 0.125. The Hall–Kier alpha value is -6.75. The highest BCUT2D eigenvalue weighted by Gasteiger charge is 2.48. The Balaban J connectivity index is 1.58. The molecule has 1 atom stereocenters. The average Bonchev–Trinajstić information content (AvgIpc) is 3.82. The van der Waals surface area contributed by atoms with Gasteiger partial charge >= 0.3 is 17.9 Å². The van der Waals surface area contributed by atoms with E-state index < -0.39 is 23.5 Å². The zero-order valence-electron chi connectivity index (χ0n) is 35.7. The summed E-state index contributed by atoms with van der Waals surface area (Å²) in [6, 6.07) is 29.4. The van der Waals surface area contributed by atoms with Crippen LogP contribution >= 0.6 is 0 Å². The van der Waals surface area contributed by atoms with E-state index in [1.807, 2.05) is 74.5 Å². The van der Waals surface area contributed by atoms with Crippen LogP contribution in [0.5, 0.6) is 5.75 Å². The summed E-state index contributed by atoms with van der Waals surface area (Å²) < 4.78 is 28.7. The van der Waals surface area contributed by atoms with Gasteiger partial charge in [-0.25, -0.2) is 14.4 Å². The maximum atomic E-state index is 14.2. The molecule has 0 amide bonds. The molecular formula is C50H50BN3O7. The number of esters is 3. The lowest BCUT2D eigenvalue weighted by molar-refractivity contribution is -0.140. The monoisotopic (exact) mass is 815 g/mol. The minimum Gasteiger partial charge on any atom is -0.493 e. The van der Waals surface area contributed by atoms with Crippen LogP contribution in [0.15, 0.2) is 121 Å². The highest BCUT2D eigenvalue weighted by molar-refractivity contribution is 6.17. The molecule has 2 aromatic heterocycles. The molecule has 4 aromatic carbocycles. The van der Waals surface area contributed by atoms with E-state index in [2.05, 4.69) is 66.5 Å². The number of para-hydroxylation sites is 2. The second kappa shape index (κ2) is 17.5. The Morgan fingerprint density at radius 1 is 0.770 bits per heavy atom. The van der Waals surface area contributed by atoms with Crippen molar-refractivity contribution in [3.8, 4) is 5.75 Å². The van der Waals surface area contributed by atoms with Gasteiger partial charge in [-0.1, -0.05) is 67.8 Å². The summed E-state index contributed by atoms with van der Waals surface area (Å²) >= 11 is 0. The van der Waals surface area contributed by atoms with Crippen molar-refractivity contribution in [1.29, 1.82) is 0 Å². The van der Waals surface area contributed by atoms with Gasteiger partial charge in [-0.2, -0.15) is 0 Å². The van der Waals surface area contributed by atoms with Crippen molar-refractivity contribution in [2.24, 2.45) is 0 Å². The third-order valence-corrected chi connectivity index (χ3v) is 11.3. The number of carbonyl (C=O) groups is 3. The smallest absolute Gasteiger partial charge is 0.340 e. The standard InChI is InChI=1S/C50H50BN3O7/c1-9-54(51)35-23-24-41(44(29-35)58-10-2)50(40-20-14-11-17-36(40)49(57)61-50)30-39(45-33(7)52(25-27-59-47(55)31(3)4)42-21-15-12-18-37(42)45)46-34(8)53(26-28-60-48(56)32(5)6)43-22-16-13-19-38(43)46/h11-24,29-30H,3,5,9-10,25-28H2,1-2,4,6-8H3. The van der Waals surface area contributed by atoms with E-state index in [9.17, 15) is 14.4 Å². The number of aromatic nitrogens is 2. The first-order chi connectivity index (χ1) is 29.3. The second-order valence-corrected chi connectivity index (χ2v) is 15.2. The van der Waals surface area contributed by atoms with E-state index in [1.54, 1.807) is 24.7 Å². The number of carbonyl (C=O) groups excluding carboxylic acids is 3. The van der Waals surface area contributed by atoms with Crippen LogP contribution in [0.1, 0.15) is 71.7 Å². The van der Waals surface area contributed by atoms with E-state index in [-0.39, 0.29) is 13.2 Å². The topological polar surface area (TPSA) is 101 Å². The largest absolute Gasteiger partial charge is 0.493 e. The van der Waals surface area contributed by atoms with Gasteiger partial charge < -0.3 is 32.9 Å². The number of anilines is 1. The lowest BCUT2D eigenvalue weighted by Crippen LogP contribution is -2.28. The first-order valence-corrected chi connectivity index (χ1v) is 20.5. The van der Waals surface area contributed by atoms with Crippen LogP contribution in [0, 0.1) is 13.8 Å². The molecule has 10 nitrogen and oxygen atoms in total. The number of nitrogens with zero attached hydrogens (tertiary/aromatic N) is 3. The maximum absolute atomic E-state index is 14.2. The molecule has 1 aliphatic heterocycles. The highest BCUT2D eigenvalue weighted by atomic mass is 16.6. The molecule has 0 saturated heterocycles. The van der Waals surface area contributed by atoms with Gasteiger partial charge in [0.15, 0.2) is 5.60 Å². The van der Waals surface area contributed by atoms with Gasteiger partial charge in [0.2, 0.25) is 7.98 Å². The fourth-order valence-corrected chi connectivity index (χ4v) is 8.38. The predicted octanol–water partition coefficient (Wildman–Crippen LogP) is 9.31. The Labute approximate surface area is 358 Å². The number of ether oxygens (including phenoxy) is 4. The van der Waals surface area contributed by atoms with E-state index in [4.69, 9.17) is 26.9 Å². The van der Waals surface area contributed by atoms with Gasteiger partial charge in [0, 0.05) is 84.9 Å². The van der Waals surface area contributed by atoms with Crippen molar-refractivity contribution < 1.29 is 33.3 Å². The summed E-state index contributed by atoms with van der Waals surface area (Å²) in [5, 5.41) is 1.89. The summed E-state index contributed by atoms with van der Waals surface area (Å²) in [7, 11) is 6.41. The zero-order chi connectivity index (χ0) is 43.6. The second-order valence-electron chi connectivity index (χ2n) is 15.2. The molecule has 61 heavy (non-hydrogen) atoms. The Morgan fingerprint density at radius 2 is 1.30 bits per heavy atom. The van der Waals surface area contributed by atoms with Crippen molar-refractivity contribution in [2.75, 3.05) is 31.2 Å². The predicted molar refractivity (Wildman–Crippen MR) is 241 cm³/mol. The van der Waals surface area contributed by atoms with Crippen LogP contribution in [0.2, 0.25) is 0 Å². The first-order valence-electron chi connectivity index (χ1n) is 20.5. The number of hydrogen-bond acceptors (Lipinski definition) is 8. The van der Waals surface area contributed by atoms with Gasteiger partial charge in [0.25, 0.3) is 0 Å². The molecule has 0 fully saturated rings. The first kappa shape index (κ1) is 42.4. The molecule has 1 unspecified atom stereocenters. The summed E-state index contributed by atoms with van der Waals surface area (Å²) in [5.41, 5.74) is 7.88. The van der Waals surface area contributed by atoms with E-state index >= 15 is 0 Å². The maximum Gasteiger partial charge on any atom is 0.340 e. The Morgan fingerprint density at radius 3 is 1.82 bits per heavy atom. The average molecular weight is 816 g/mol. The van der Waals surface area contributed by atoms with E-state index in [0.717, 1.165) is 55.6 Å². The number of rotatable bonds is 16. The highest BCUT2D eigenvalue weighted by Crippen LogP contribution is 2.51. The lowest BCUT2D eigenvalue weighted by atomic mass is 9.80. The van der Waals surface area contributed by atoms with Gasteiger partial charge in [0.1, 0.15) is 19.0 Å². The number of fused-ring (bicyclic) bond motifs is 3. The third kappa shape index (κ3) is 7.76. The van der Waals surface area contributed by atoms with Crippen LogP contribution in [-0.4, -0.2) is 61.4 Å². The molecule has 0 aliphatic carbocycles. The molecule has 6 aromatic rings. The molecule has 0 bridgehead atoms. The molecule has 1 aliphatic rings. The van der Waals surface area contributed by atoms with Crippen LogP contribution in [0.4, 0.5) is 5.69 Å². The molecule has 2 radical (unpaired) electrons. The number of hydrogen-bond donors (Lipinski definition) is 0. The molecule has 11 heteroatoms. The normalized spacial score (nSPS) is 14.4. The molecule has 0 saturated carbocycles. The third-order valence-electron chi connectivity index (χ3n) is 11.3. The Bertz CT molecular complexity index is 2640. The molecule has 3 heterocycles.